The average molecular weight is 368 g/mol. The number of nitrogens with one attached hydrogen (secondary N) is 1. The van der Waals surface area contributed by atoms with Crippen molar-refractivity contribution in [3.63, 3.8) is 0 Å². The molecule has 0 radical (unpaired) electrons. The topological polar surface area (TPSA) is 81.8 Å². The Labute approximate surface area is 137 Å². The van der Waals surface area contributed by atoms with Crippen LogP contribution in [-0.4, -0.2) is 34.5 Å². The van der Waals surface area contributed by atoms with E-state index >= 15 is 0 Å². The molecule has 23 heavy (non-hydrogen) atoms. The molecule has 11 heteroatoms. The standard InChI is InChI=1S/C12H16ClF2N5O2S/c1-8(6-19-7-10(13)4-16-19)3-18-23(21,22)11-5-17-20(9(11)2)12(14)15/h4-5,7-8,12,18H,3,6H2,1-2H3. The van der Waals surface area contributed by atoms with Gasteiger partial charge in [-0.3, -0.25) is 4.68 Å². The van der Waals surface area contributed by atoms with Crippen molar-refractivity contribution >= 4 is 21.6 Å². The van der Waals surface area contributed by atoms with E-state index in [2.05, 4.69) is 14.9 Å². The van der Waals surface area contributed by atoms with Gasteiger partial charge in [0.25, 0.3) is 0 Å². The van der Waals surface area contributed by atoms with E-state index in [1.807, 2.05) is 6.92 Å². The van der Waals surface area contributed by atoms with E-state index in [0.717, 1.165) is 6.20 Å². The quantitative estimate of drug-likeness (QED) is 0.812. The summed E-state index contributed by atoms with van der Waals surface area (Å²) < 4.78 is 54.1. The van der Waals surface area contributed by atoms with E-state index in [-0.39, 0.29) is 23.1 Å². The van der Waals surface area contributed by atoms with Gasteiger partial charge in [-0.05, 0) is 12.8 Å². The Morgan fingerprint density at radius 2 is 2.04 bits per heavy atom. The average Bonchev–Trinajstić information content (AvgIpc) is 3.03. The maximum Gasteiger partial charge on any atom is 0.333 e. The maximum atomic E-state index is 12.7. The minimum atomic E-state index is -3.91. The lowest BCUT2D eigenvalue weighted by molar-refractivity contribution is 0.0541. The first-order valence-corrected chi connectivity index (χ1v) is 8.56. The molecule has 0 saturated carbocycles. The SMILES string of the molecule is Cc1c(S(=O)(=O)NCC(C)Cn2cc(Cl)cn2)cnn1C(F)F. The summed E-state index contributed by atoms with van der Waals surface area (Å²) in [6.07, 6.45) is 4.03. The Morgan fingerprint density at radius 1 is 1.35 bits per heavy atom. The van der Waals surface area contributed by atoms with Crippen LogP contribution in [0.5, 0.6) is 0 Å². The summed E-state index contributed by atoms with van der Waals surface area (Å²) in [5.41, 5.74) is -0.112. The molecular weight excluding hydrogens is 352 g/mol. The van der Waals surface area contributed by atoms with Crippen molar-refractivity contribution in [3.8, 4) is 0 Å². The zero-order chi connectivity index (χ0) is 17.2. The van der Waals surface area contributed by atoms with Crippen LogP contribution in [0.4, 0.5) is 8.78 Å². The molecule has 0 aliphatic rings. The van der Waals surface area contributed by atoms with Gasteiger partial charge in [0.1, 0.15) is 4.90 Å². The van der Waals surface area contributed by atoms with E-state index in [1.54, 1.807) is 10.9 Å². The summed E-state index contributed by atoms with van der Waals surface area (Å²) in [4.78, 5) is -0.257. The van der Waals surface area contributed by atoms with Crippen LogP contribution in [0, 0.1) is 12.8 Å². The lowest BCUT2D eigenvalue weighted by Crippen LogP contribution is -2.30. The van der Waals surface area contributed by atoms with Crippen LogP contribution in [-0.2, 0) is 16.6 Å². The number of aromatic nitrogens is 4. The van der Waals surface area contributed by atoms with Crippen molar-refractivity contribution in [2.75, 3.05) is 6.54 Å². The molecule has 2 rings (SSSR count). The molecule has 1 N–H and O–H groups in total. The zero-order valence-corrected chi connectivity index (χ0v) is 14.0. The molecule has 0 saturated heterocycles. The fourth-order valence-corrected chi connectivity index (χ4v) is 3.50. The molecule has 0 amide bonds. The number of rotatable bonds is 7. The Balaban J connectivity index is 2.01. The zero-order valence-electron chi connectivity index (χ0n) is 12.4. The van der Waals surface area contributed by atoms with Gasteiger partial charge < -0.3 is 0 Å². The highest BCUT2D eigenvalue weighted by atomic mass is 35.5. The third-order valence-electron chi connectivity index (χ3n) is 3.20. The normalized spacial score (nSPS) is 13.7. The monoisotopic (exact) mass is 367 g/mol. The molecule has 0 spiro atoms. The number of hydrogen-bond acceptors (Lipinski definition) is 4. The largest absolute Gasteiger partial charge is 0.333 e. The summed E-state index contributed by atoms with van der Waals surface area (Å²) in [7, 11) is -3.91. The van der Waals surface area contributed by atoms with Crippen LogP contribution in [0.1, 0.15) is 19.2 Å². The number of alkyl halides is 2. The lowest BCUT2D eigenvalue weighted by atomic mass is 10.2. The Bertz CT molecular complexity index is 774. The van der Waals surface area contributed by atoms with Crippen LogP contribution in [0.3, 0.4) is 0 Å². The second-order valence-corrected chi connectivity index (χ2v) is 7.33. The number of sulfonamides is 1. The fraction of sp³-hybridized carbons (Fsp3) is 0.500. The van der Waals surface area contributed by atoms with E-state index in [0.29, 0.717) is 16.2 Å². The van der Waals surface area contributed by atoms with Gasteiger partial charge >= 0.3 is 6.55 Å². The number of halogens is 3. The summed E-state index contributed by atoms with van der Waals surface area (Å²) in [5.74, 6) is -0.0776. The van der Waals surface area contributed by atoms with Crippen LogP contribution in [0.15, 0.2) is 23.5 Å². The van der Waals surface area contributed by atoms with E-state index < -0.39 is 16.6 Å². The van der Waals surface area contributed by atoms with Gasteiger partial charge in [-0.2, -0.15) is 19.0 Å². The third kappa shape index (κ3) is 4.27. The lowest BCUT2D eigenvalue weighted by Gasteiger charge is -2.13. The highest BCUT2D eigenvalue weighted by Gasteiger charge is 2.23. The Hall–Kier alpha value is -1.52. The molecule has 128 valence electrons. The molecule has 2 aromatic heterocycles. The summed E-state index contributed by atoms with van der Waals surface area (Å²) in [5, 5.41) is 7.90. The van der Waals surface area contributed by atoms with Crippen LogP contribution < -0.4 is 4.72 Å². The maximum absolute atomic E-state index is 12.7. The highest BCUT2D eigenvalue weighted by molar-refractivity contribution is 7.89. The van der Waals surface area contributed by atoms with Gasteiger partial charge in [0.05, 0.1) is 23.1 Å². The van der Waals surface area contributed by atoms with Crippen molar-refractivity contribution in [2.24, 2.45) is 5.92 Å². The molecule has 1 unspecified atom stereocenters. The van der Waals surface area contributed by atoms with Crippen LogP contribution >= 0.6 is 11.6 Å². The Morgan fingerprint density at radius 3 is 2.57 bits per heavy atom. The first kappa shape index (κ1) is 17.8. The van der Waals surface area contributed by atoms with Crippen LogP contribution in [0.2, 0.25) is 5.02 Å². The molecule has 1 atom stereocenters. The first-order valence-electron chi connectivity index (χ1n) is 6.70. The second kappa shape index (κ2) is 6.93. The first-order chi connectivity index (χ1) is 10.7. The summed E-state index contributed by atoms with van der Waals surface area (Å²) >= 11 is 5.75. The molecule has 0 aromatic carbocycles. The van der Waals surface area contributed by atoms with Crippen molar-refractivity contribution in [1.82, 2.24) is 24.3 Å². The molecule has 7 nitrogen and oxygen atoms in total. The van der Waals surface area contributed by atoms with E-state index in [4.69, 9.17) is 11.6 Å². The van der Waals surface area contributed by atoms with E-state index in [1.165, 1.54) is 13.1 Å². The number of hydrogen-bond donors (Lipinski definition) is 1. The summed E-state index contributed by atoms with van der Waals surface area (Å²) in [6, 6.07) is 0. The molecular formula is C12H16ClF2N5O2S. The number of nitrogens with zero attached hydrogens (tertiary/aromatic N) is 4. The molecule has 0 fully saturated rings. The van der Waals surface area contributed by atoms with E-state index in [9.17, 15) is 17.2 Å². The second-order valence-electron chi connectivity index (χ2n) is 5.15. The molecule has 0 aliphatic heterocycles. The van der Waals surface area contributed by atoms with Crippen molar-refractivity contribution < 1.29 is 17.2 Å². The Kier molecular flexibility index (Phi) is 5.37. The fourth-order valence-electron chi connectivity index (χ4n) is 2.02. The van der Waals surface area contributed by atoms with Crippen molar-refractivity contribution in [1.29, 1.82) is 0 Å². The minimum absolute atomic E-state index is 0.0776. The van der Waals surface area contributed by atoms with Gasteiger partial charge in [-0.15, -0.1) is 0 Å². The molecule has 0 aliphatic carbocycles. The van der Waals surface area contributed by atoms with Gasteiger partial charge in [-0.25, -0.2) is 17.8 Å². The highest BCUT2D eigenvalue weighted by Crippen LogP contribution is 2.19. The summed E-state index contributed by atoms with van der Waals surface area (Å²) in [6.45, 7) is 0.808. The minimum Gasteiger partial charge on any atom is -0.271 e. The predicted molar refractivity (Wildman–Crippen MR) is 79.8 cm³/mol. The molecule has 0 bridgehead atoms. The predicted octanol–water partition coefficient (Wildman–Crippen LogP) is 2.05. The van der Waals surface area contributed by atoms with Crippen LogP contribution in [0.25, 0.3) is 0 Å². The van der Waals surface area contributed by atoms with Gasteiger partial charge in [0.15, 0.2) is 0 Å². The molecule has 2 heterocycles. The van der Waals surface area contributed by atoms with Gasteiger partial charge in [0, 0.05) is 19.3 Å². The van der Waals surface area contributed by atoms with Crippen molar-refractivity contribution in [3.05, 3.63) is 29.3 Å². The third-order valence-corrected chi connectivity index (χ3v) is 4.92. The van der Waals surface area contributed by atoms with Crippen molar-refractivity contribution in [2.45, 2.75) is 31.8 Å². The molecule has 2 aromatic rings. The van der Waals surface area contributed by atoms with Gasteiger partial charge in [0.2, 0.25) is 10.0 Å². The van der Waals surface area contributed by atoms with Gasteiger partial charge in [-0.1, -0.05) is 18.5 Å². The smallest absolute Gasteiger partial charge is 0.271 e.